The van der Waals surface area contributed by atoms with Crippen molar-refractivity contribution in [1.29, 1.82) is 0 Å². The first kappa shape index (κ1) is 13.8. The smallest absolute Gasteiger partial charge is 0.311 e. The van der Waals surface area contributed by atoms with E-state index in [9.17, 15) is 10.1 Å². The zero-order valence-corrected chi connectivity index (χ0v) is 11.7. The van der Waals surface area contributed by atoms with Crippen LogP contribution >= 0.6 is 0 Å². The van der Waals surface area contributed by atoms with Crippen LogP contribution in [-0.4, -0.2) is 15.9 Å². The molecule has 2 rings (SSSR count). The molecule has 0 aliphatic heterocycles. The maximum Gasteiger partial charge on any atom is 0.311 e. The van der Waals surface area contributed by atoms with Crippen molar-refractivity contribution < 1.29 is 4.92 Å². The lowest BCUT2D eigenvalue weighted by molar-refractivity contribution is -0.384. The quantitative estimate of drug-likeness (QED) is 0.669. The fourth-order valence-corrected chi connectivity index (χ4v) is 2.67. The average molecular weight is 263 g/mol. The van der Waals surface area contributed by atoms with Gasteiger partial charge in [0.05, 0.1) is 4.92 Å². The molecule has 104 valence electrons. The molecule has 3 unspecified atom stereocenters. The van der Waals surface area contributed by atoms with Crippen molar-refractivity contribution in [2.45, 2.75) is 46.1 Å². The van der Waals surface area contributed by atoms with Gasteiger partial charge in [0.2, 0.25) is 5.82 Å². The molecule has 1 heterocycles. The number of pyridine rings is 1. The molecule has 5 nitrogen and oxygen atoms in total. The summed E-state index contributed by atoms with van der Waals surface area (Å²) in [6, 6.07) is 3.49. The Morgan fingerprint density at radius 3 is 2.68 bits per heavy atom. The maximum atomic E-state index is 11.0. The number of aryl methyl sites for hydroxylation is 1. The van der Waals surface area contributed by atoms with Crippen LogP contribution in [0.4, 0.5) is 11.5 Å². The van der Waals surface area contributed by atoms with Crippen LogP contribution in [0, 0.1) is 28.9 Å². The largest absolute Gasteiger partial charge is 0.362 e. The van der Waals surface area contributed by atoms with E-state index in [4.69, 9.17) is 0 Å². The molecule has 0 saturated heterocycles. The number of aromatic nitrogens is 1. The van der Waals surface area contributed by atoms with E-state index in [1.165, 1.54) is 12.5 Å². The maximum absolute atomic E-state index is 11.0. The first-order valence-electron chi connectivity index (χ1n) is 6.86. The topological polar surface area (TPSA) is 68.1 Å². The standard InChI is InChI=1S/C14H21N3O2/c1-9-4-6-12(8-10(9)2)16-14-13(17(18)19)7-5-11(3)15-14/h5,7,9-10,12H,4,6,8H2,1-3H3,(H,15,16). The minimum absolute atomic E-state index is 0.0666. The first-order chi connectivity index (χ1) is 8.97. The van der Waals surface area contributed by atoms with E-state index < -0.39 is 0 Å². The normalized spacial score (nSPS) is 27.0. The molecule has 1 N–H and O–H groups in total. The number of nitrogens with one attached hydrogen (secondary N) is 1. The fourth-order valence-electron chi connectivity index (χ4n) is 2.67. The molecule has 19 heavy (non-hydrogen) atoms. The summed E-state index contributed by atoms with van der Waals surface area (Å²) in [6.45, 7) is 6.37. The molecular formula is C14H21N3O2. The Labute approximate surface area is 113 Å². The first-order valence-corrected chi connectivity index (χ1v) is 6.86. The van der Waals surface area contributed by atoms with Crippen molar-refractivity contribution in [3.05, 3.63) is 27.9 Å². The molecular weight excluding hydrogens is 242 g/mol. The van der Waals surface area contributed by atoms with Crippen molar-refractivity contribution in [2.24, 2.45) is 11.8 Å². The van der Waals surface area contributed by atoms with Crippen LogP contribution < -0.4 is 5.32 Å². The zero-order chi connectivity index (χ0) is 14.0. The van der Waals surface area contributed by atoms with Crippen molar-refractivity contribution in [3.8, 4) is 0 Å². The highest BCUT2D eigenvalue weighted by Crippen LogP contribution is 2.32. The van der Waals surface area contributed by atoms with Crippen LogP contribution in [0.15, 0.2) is 12.1 Å². The van der Waals surface area contributed by atoms with Gasteiger partial charge in [-0.25, -0.2) is 4.98 Å². The Morgan fingerprint density at radius 1 is 1.32 bits per heavy atom. The van der Waals surface area contributed by atoms with E-state index in [2.05, 4.69) is 24.1 Å². The van der Waals surface area contributed by atoms with Gasteiger partial charge in [-0.15, -0.1) is 0 Å². The fraction of sp³-hybridized carbons (Fsp3) is 0.643. The van der Waals surface area contributed by atoms with E-state index in [1.54, 1.807) is 6.07 Å². The third-order valence-electron chi connectivity index (χ3n) is 4.15. The number of nitro groups is 1. The molecule has 3 atom stereocenters. The van der Waals surface area contributed by atoms with Gasteiger partial charge in [-0.3, -0.25) is 10.1 Å². The molecule has 0 spiro atoms. The van der Waals surface area contributed by atoms with Crippen LogP contribution in [0.2, 0.25) is 0 Å². The molecule has 1 aliphatic rings. The second kappa shape index (κ2) is 5.55. The van der Waals surface area contributed by atoms with Gasteiger partial charge >= 0.3 is 5.69 Å². The molecule has 0 aromatic carbocycles. The Hall–Kier alpha value is -1.65. The monoisotopic (exact) mass is 263 g/mol. The average Bonchev–Trinajstić information content (AvgIpc) is 2.33. The van der Waals surface area contributed by atoms with Gasteiger partial charge in [0.15, 0.2) is 0 Å². The van der Waals surface area contributed by atoms with Gasteiger partial charge in [-0.2, -0.15) is 0 Å². The minimum atomic E-state index is -0.371. The highest BCUT2D eigenvalue weighted by molar-refractivity contribution is 5.56. The summed E-state index contributed by atoms with van der Waals surface area (Å²) in [5.41, 5.74) is 0.863. The summed E-state index contributed by atoms with van der Waals surface area (Å²) in [5, 5.41) is 14.3. The SMILES string of the molecule is Cc1ccc([N+](=O)[O-])c(NC2CCC(C)C(C)C2)n1. The van der Waals surface area contributed by atoms with E-state index in [0.717, 1.165) is 24.5 Å². The lowest BCUT2D eigenvalue weighted by Crippen LogP contribution is -2.30. The Bertz CT molecular complexity index is 476. The van der Waals surface area contributed by atoms with E-state index in [1.807, 2.05) is 6.92 Å². The van der Waals surface area contributed by atoms with Crippen LogP contribution in [0.5, 0.6) is 0 Å². The molecule has 0 amide bonds. The lowest BCUT2D eigenvalue weighted by atomic mass is 9.79. The van der Waals surface area contributed by atoms with Crippen LogP contribution in [0.3, 0.4) is 0 Å². The zero-order valence-electron chi connectivity index (χ0n) is 11.7. The van der Waals surface area contributed by atoms with Crippen LogP contribution in [0.1, 0.15) is 38.8 Å². The van der Waals surface area contributed by atoms with Crippen molar-refractivity contribution >= 4 is 11.5 Å². The van der Waals surface area contributed by atoms with Gasteiger partial charge in [-0.05, 0) is 44.1 Å². The van der Waals surface area contributed by atoms with Crippen molar-refractivity contribution in [2.75, 3.05) is 5.32 Å². The summed E-state index contributed by atoms with van der Waals surface area (Å²) in [7, 11) is 0. The third-order valence-corrected chi connectivity index (χ3v) is 4.15. The molecule has 0 radical (unpaired) electrons. The Balaban J connectivity index is 2.14. The molecule has 5 heteroatoms. The number of anilines is 1. The number of hydrogen-bond donors (Lipinski definition) is 1. The summed E-state index contributed by atoms with van der Waals surface area (Å²) in [4.78, 5) is 14.9. The number of rotatable bonds is 3. The predicted molar refractivity (Wildman–Crippen MR) is 75.2 cm³/mol. The molecule has 1 aliphatic carbocycles. The number of nitrogens with zero attached hydrogens (tertiary/aromatic N) is 2. The second-order valence-corrected chi connectivity index (χ2v) is 5.69. The second-order valence-electron chi connectivity index (χ2n) is 5.69. The van der Waals surface area contributed by atoms with Gasteiger partial charge < -0.3 is 5.32 Å². The molecule has 1 fully saturated rings. The molecule has 1 aromatic rings. The third kappa shape index (κ3) is 3.22. The van der Waals surface area contributed by atoms with Crippen LogP contribution in [0.25, 0.3) is 0 Å². The van der Waals surface area contributed by atoms with Gasteiger partial charge in [0.1, 0.15) is 0 Å². The number of hydrogen-bond acceptors (Lipinski definition) is 4. The molecule has 1 saturated carbocycles. The summed E-state index contributed by atoms with van der Waals surface area (Å²) < 4.78 is 0. The van der Waals surface area contributed by atoms with Gasteiger partial charge in [-0.1, -0.05) is 13.8 Å². The van der Waals surface area contributed by atoms with Crippen LogP contribution in [-0.2, 0) is 0 Å². The summed E-state index contributed by atoms with van der Waals surface area (Å²) in [6.07, 6.45) is 3.27. The minimum Gasteiger partial charge on any atom is -0.362 e. The van der Waals surface area contributed by atoms with Crippen molar-refractivity contribution in [1.82, 2.24) is 4.98 Å². The van der Waals surface area contributed by atoms with Gasteiger partial charge in [0.25, 0.3) is 0 Å². The van der Waals surface area contributed by atoms with E-state index in [0.29, 0.717) is 17.8 Å². The summed E-state index contributed by atoms with van der Waals surface area (Å²) >= 11 is 0. The van der Waals surface area contributed by atoms with E-state index in [-0.39, 0.29) is 10.6 Å². The van der Waals surface area contributed by atoms with Crippen molar-refractivity contribution in [3.63, 3.8) is 0 Å². The molecule has 0 bridgehead atoms. The summed E-state index contributed by atoms with van der Waals surface area (Å²) in [5.74, 6) is 1.80. The van der Waals surface area contributed by atoms with E-state index >= 15 is 0 Å². The Morgan fingerprint density at radius 2 is 2.05 bits per heavy atom. The highest BCUT2D eigenvalue weighted by atomic mass is 16.6. The Kier molecular flexibility index (Phi) is 4.02. The molecule has 1 aromatic heterocycles. The highest BCUT2D eigenvalue weighted by Gasteiger charge is 2.26. The van der Waals surface area contributed by atoms with Gasteiger partial charge in [0, 0.05) is 17.8 Å². The predicted octanol–water partition coefficient (Wildman–Crippen LogP) is 3.53. The lowest BCUT2D eigenvalue weighted by Gasteiger charge is -2.32.